The van der Waals surface area contributed by atoms with E-state index < -0.39 is 0 Å². The molecule has 2 nitrogen and oxygen atoms in total. The summed E-state index contributed by atoms with van der Waals surface area (Å²) in [5.74, 6) is 0.424. The van der Waals surface area contributed by atoms with Gasteiger partial charge in [0.25, 0.3) is 0 Å². The van der Waals surface area contributed by atoms with Crippen molar-refractivity contribution < 1.29 is 0 Å². The minimum Gasteiger partial charge on any atom is -0.347 e. The van der Waals surface area contributed by atoms with Crippen LogP contribution in [0.1, 0.15) is 18.5 Å². The summed E-state index contributed by atoms with van der Waals surface area (Å²) in [5, 5.41) is 1.30. The van der Waals surface area contributed by atoms with Crippen molar-refractivity contribution in [2.24, 2.45) is 12.8 Å². The Bertz CT molecular complexity index is 443. The summed E-state index contributed by atoms with van der Waals surface area (Å²) in [4.78, 5) is 0. The van der Waals surface area contributed by atoms with Crippen molar-refractivity contribution in [2.45, 2.75) is 12.8 Å². The predicted molar refractivity (Wildman–Crippen MR) is 60.4 cm³/mol. The highest BCUT2D eigenvalue weighted by molar-refractivity contribution is 5.81. The number of rotatable bonds is 2. The Hall–Kier alpha value is -1.28. The zero-order chi connectivity index (χ0) is 10.1. The van der Waals surface area contributed by atoms with Gasteiger partial charge in [-0.05, 0) is 17.5 Å². The van der Waals surface area contributed by atoms with Crippen LogP contribution in [-0.2, 0) is 7.05 Å². The zero-order valence-corrected chi connectivity index (χ0v) is 8.70. The van der Waals surface area contributed by atoms with Gasteiger partial charge in [-0.25, -0.2) is 0 Å². The summed E-state index contributed by atoms with van der Waals surface area (Å²) in [6.07, 6.45) is 0. The second-order valence-corrected chi connectivity index (χ2v) is 3.82. The zero-order valence-electron chi connectivity index (χ0n) is 8.70. The fraction of sp³-hybridized carbons (Fsp3) is 0.333. The first kappa shape index (κ1) is 9.28. The minimum atomic E-state index is 0.424. The van der Waals surface area contributed by atoms with E-state index in [4.69, 9.17) is 5.73 Å². The van der Waals surface area contributed by atoms with Gasteiger partial charge < -0.3 is 10.3 Å². The molecule has 0 bridgehead atoms. The van der Waals surface area contributed by atoms with Gasteiger partial charge >= 0.3 is 0 Å². The summed E-state index contributed by atoms with van der Waals surface area (Å²) in [7, 11) is 2.10. The van der Waals surface area contributed by atoms with Crippen LogP contribution in [0.4, 0.5) is 0 Å². The van der Waals surface area contributed by atoms with Crippen molar-refractivity contribution in [3.8, 4) is 0 Å². The van der Waals surface area contributed by atoms with Crippen molar-refractivity contribution in [1.82, 2.24) is 4.57 Å². The molecule has 1 aromatic heterocycles. The Morgan fingerprint density at radius 1 is 1.36 bits per heavy atom. The maximum atomic E-state index is 5.68. The molecule has 2 rings (SSSR count). The van der Waals surface area contributed by atoms with Crippen molar-refractivity contribution in [3.05, 3.63) is 36.0 Å². The minimum absolute atomic E-state index is 0.424. The summed E-state index contributed by atoms with van der Waals surface area (Å²) in [6.45, 7) is 2.86. The molecule has 0 spiro atoms. The fourth-order valence-corrected chi connectivity index (χ4v) is 1.90. The molecular formula is C12H16N2. The Morgan fingerprint density at radius 3 is 2.71 bits per heavy atom. The second kappa shape index (κ2) is 3.46. The lowest BCUT2D eigenvalue weighted by Gasteiger charge is -2.09. The highest BCUT2D eigenvalue weighted by Crippen LogP contribution is 2.23. The molecule has 0 aliphatic rings. The van der Waals surface area contributed by atoms with E-state index in [2.05, 4.69) is 48.9 Å². The Labute approximate surface area is 84.3 Å². The van der Waals surface area contributed by atoms with Gasteiger partial charge in [0.05, 0.1) is 0 Å². The highest BCUT2D eigenvalue weighted by Gasteiger charge is 2.10. The number of hydrogen-bond acceptors (Lipinski definition) is 1. The normalized spacial score (nSPS) is 13.4. The van der Waals surface area contributed by atoms with Gasteiger partial charge in [0.15, 0.2) is 0 Å². The summed E-state index contributed by atoms with van der Waals surface area (Å²) in [6, 6.07) is 10.6. The second-order valence-electron chi connectivity index (χ2n) is 3.82. The largest absolute Gasteiger partial charge is 0.347 e. The number of para-hydroxylation sites is 1. The maximum absolute atomic E-state index is 5.68. The van der Waals surface area contributed by atoms with E-state index in [1.807, 2.05) is 0 Å². The third kappa shape index (κ3) is 1.32. The molecule has 0 saturated carbocycles. The summed E-state index contributed by atoms with van der Waals surface area (Å²) in [5.41, 5.74) is 8.28. The number of hydrogen-bond donors (Lipinski definition) is 1. The van der Waals surface area contributed by atoms with Gasteiger partial charge in [0, 0.05) is 30.7 Å². The van der Waals surface area contributed by atoms with Gasteiger partial charge in [0.2, 0.25) is 0 Å². The summed E-state index contributed by atoms with van der Waals surface area (Å²) < 4.78 is 2.23. The van der Waals surface area contributed by atoms with Crippen LogP contribution in [0.15, 0.2) is 30.3 Å². The number of nitrogens with two attached hydrogens (primary N) is 1. The molecule has 14 heavy (non-hydrogen) atoms. The van der Waals surface area contributed by atoms with Crippen LogP contribution in [0, 0.1) is 0 Å². The lowest BCUT2D eigenvalue weighted by molar-refractivity contribution is 0.703. The topological polar surface area (TPSA) is 30.9 Å². The van der Waals surface area contributed by atoms with Crippen LogP contribution in [0.2, 0.25) is 0 Å². The number of fused-ring (bicyclic) bond motifs is 1. The quantitative estimate of drug-likeness (QED) is 0.770. The summed E-state index contributed by atoms with van der Waals surface area (Å²) >= 11 is 0. The maximum Gasteiger partial charge on any atom is 0.0479 e. The number of aryl methyl sites for hydroxylation is 1. The third-order valence-electron chi connectivity index (χ3n) is 2.85. The van der Waals surface area contributed by atoms with Gasteiger partial charge in [-0.1, -0.05) is 25.1 Å². The molecule has 1 aromatic carbocycles. The smallest absolute Gasteiger partial charge is 0.0479 e. The van der Waals surface area contributed by atoms with Crippen LogP contribution >= 0.6 is 0 Å². The van der Waals surface area contributed by atoms with E-state index in [-0.39, 0.29) is 0 Å². The van der Waals surface area contributed by atoms with Crippen LogP contribution in [-0.4, -0.2) is 11.1 Å². The fourth-order valence-electron chi connectivity index (χ4n) is 1.90. The Balaban J connectivity index is 2.62. The van der Waals surface area contributed by atoms with Crippen molar-refractivity contribution >= 4 is 10.9 Å². The number of benzene rings is 1. The first-order valence-electron chi connectivity index (χ1n) is 4.98. The van der Waals surface area contributed by atoms with Gasteiger partial charge in [-0.2, -0.15) is 0 Å². The van der Waals surface area contributed by atoms with E-state index in [1.165, 1.54) is 16.6 Å². The number of aromatic nitrogens is 1. The average molecular weight is 188 g/mol. The number of nitrogens with zero attached hydrogens (tertiary/aromatic N) is 1. The van der Waals surface area contributed by atoms with Gasteiger partial charge in [-0.15, -0.1) is 0 Å². The molecule has 0 aliphatic carbocycles. The predicted octanol–water partition coefficient (Wildman–Crippen LogP) is 2.24. The molecule has 0 fully saturated rings. The molecule has 1 unspecified atom stereocenters. The van der Waals surface area contributed by atoms with Gasteiger partial charge in [0.1, 0.15) is 0 Å². The average Bonchev–Trinajstić information content (AvgIpc) is 2.56. The lowest BCUT2D eigenvalue weighted by Crippen LogP contribution is -2.11. The van der Waals surface area contributed by atoms with E-state index in [0.717, 1.165) is 0 Å². The highest BCUT2D eigenvalue weighted by atomic mass is 14.9. The molecule has 2 aromatic rings. The molecule has 0 aliphatic heterocycles. The van der Waals surface area contributed by atoms with E-state index >= 15 is 0 Å². The molecule has 0 saturated heterocycles. The van der Waals surface area contributed by atoms with Crippen LogP contribution in [0.3, 0.4) is 0 Å². The Morgan fingerprint density at radius 2 is 2.07 bits per heavy atom. The molecule has 1 heterocycles. The van der Waals surface area contributed by atoms with Crippen molar-refractivity contribution in [2.75, 3.05) is 6.54 Å². The van der Waals surface area contributed by atoms with Crippen LogP contribution < -0.4 is 5.73 Å². The monoisotopic (exact) mass is 188 g/mol. The molecule has 2 N–H and O–H groups in total. The van der Waals surface area contributed by atoms with Crippen LogP contribution in [0.25, 0.3) is 10.9 Å². The first-order valence-corrected chi connectivity index (χ1v) is 4.98. The van der Waals surface area contributed by atoms with E-state index in [1.54, 1.807) is 0 Å². The van der Waals surface area contributed by atoms with E-state index in [0.29, 0.717) is 12.5 Å². The molecule has 74 valence electrons. The molecule has 0 radical (unpaired) electrons. The molecule has 1 atom stereocenters. The Kier molecular flexibility index (Phi) is 2.30. The first-order chi connectivity index (χ1) is 6.74. The van der Waals surface area contributed by atoms with Crippen molar-refractivity contribution in [1.29, 1.82) is 0 Å². The van der Waals surface area contributed by atoms with E-state index in [9.17, 15) is 0 Å². The molecule has 2 heteroatoms. The van der Waals surface area contributed by atoms with Crippen LogP contribution in [0.5, 0.6) is 0 Å². The SMILES string of the molecule is CC(CN)c1cc2ccccc2n1C. The van der Waals surface area contributed by atoms with Gasteiger partial charge in [-0.3, -0.25) is 0 Å². The lowest BCUT2D eigenvalue weighted by atomic mass is 10.1. The van der Waals surface area contributed by atoms with Crippen molar-refractivity contribution in [3.63, 3.8) is 0 Å². The third-order valence-corrected chi connectivity index (χ3v) is 2.85. The molecule has 0 amide bonds. The standard InChI is InChI=1S/C12H16N2/c1-9(8-13)12-7-10-5-3-4-6-11(10)14(12)2/h3-7,9H,8,13H2,1-2H3. The molecular weight excluding hydrogens is 172 g/mol.